The van der Waals surface area contributed by atoms with Crippen LogP contribution in [0.5, 0.6) is 0 Å². The first-order chi connectivity index (χ1) is 16.7. The largest absolute Gasteiger partial charge is 0.451 e. The van der Waals surface area contributed by atoms with Crippen LogP contribution >= 0.6 is 0 Å². The Kier molecular flexibility index (Phi) is 5.68. The molecule has 2 aromatic heterocycles. The lowest BCUT2D eigenvalue weighted by Gasteiger charge is -2.51. The van der Waals surface area contributed by atoms with Crippen LogP contribution in [0.4, 0.5) is 33.5 Å². The molecule has 0 N–H and O–H groups in total. The number of nitrogens with zero attached hydrogens (tertiary/aromatic N) is 6. The first kappa shape index (κ1) is 23.2. The maximum Gasteiger partial charge on any atom is 0.451 e. The average molecular weight is 492 g/mol. The summed E-state index contributed by atoms with van der Waals surface area (Å²) in [5, 5.41) is 3.97. The Morgan fingerprint density at radius 3 is 2.34 bits per heavy atom. The molecule has 5 rings (SSSR count). The number of carbonyl (C=O) groups is 1. The first-order valence-electron chi connectivity index (χ1n) is 11.2. The number of halogens is 5. The van der Waals surface area contributed by atoms with Gasteiger partial charge in [0.25, 0.3) is 0 Å². The van der Waals surface area contributed by atoms with Crippen molar-refractivity contribution >= 4 is 17.4 Å². The molecule has 35 heavy (non-hydrogen) atoms. The van der Waals surface area contributed by atoms with Crippen LogP contribution in [0.1, 0.15) is 37.9 Å². The van der Waals surface area contributed by atoms with Crippen molar-refractivity contribution in [2.75, 3.05) is 22.9 Å². The van der Waals surface area contributed by atoms with Crippen molar-refractivity contribution in [3.8, 4) is 5.82 Å². The normalized spacial score (nSPS) is 18.4. The fourth-order valence-corrected chi connectivity index (χ4v) is 4.96. The highest BCUT2D eigenvalue weighted by atomic mass is 19.4. The summed E-state index contributed by atoms with van der Waals surface area (Å²) in [6.45, 7) is 0.640. The molecule has 2 aliphatic heterocycles. The van der Waals surface area contributed by atoms with E-state index < -0.39 is 29.2 Å². The van der Waals surface area contributed by atoms with Gasteiger partial charge in [-0.25, -0.2) is 23.4 Å². The number of hydrogen-bond donors (Lipinski definition) is 0. The van der Waals surface area contributed by atoms with Crippen molar-refractivity contribution in [3.63, 3.8) is 0 Å². The van der Waals surface area contributed by atoms with Gasteiger partial charge in [0.15, 0.2) is 17.5 Å². The third kappa shape index (κ3) is 4.32. The molecular formula is C23H21F5N6O. The summed E-state index contributed by atoms with van der Waals surface area (Å²) in [6, 6.07) is 6.41. The van der Waals surface area contributed by atoms with Crippen LogP contribution in [-0.2, 0) is 11.0 Å². The van der Waals surface area contributed by atoms with Crippen molar-refractivity contribution in [1.82, 2.24) is 19.7 Å². The van der Waals surface area contributed by atoms with Gasteiger partial charge in [-0.15, -0.1) is 0 Å². The smallest absolute Gasteiger partial charge is 0.356 e. The zero-order valence-electron chi connectivity index (χ0n) is 18.5. The summed E-state index contributed by atoms with van der Waals surface area (Å²) in [7, 11) is 0. The summed E-state index contributed by atoms with van der Waals surface area (Å²) in [5.74, 6) is -3.40. The summed E-state index contributed by atoms with van der Waals surface area (Å²) in [6.07, 6.45) is 0.639. The molecule has 184 valence electrons. The molecule has 12 heteroatoms. The highest BCUT2D eigenvalue weighted by Crippen LogP contribution is 2.42. The van der Waals surface area contributed by atoms with E-state index in [1.165, 1.54) is 29.2 Å². The van der Waals surface area contributed by atoms with Crippen molar-refractivity contribution in [3.05, 3.63) is 60.2 Å². The Hall–Kier alpha value is -3.57. The van der Waals surface area contributed by atoms with Crippen LogP contribution in [0.25, 0.3) is 5.82 Å². The topological polar surface area (TPSA) is 67.2 Å². The van der Waals surface area contributed by atoms with E-state index in [1.54, 1.807) is 15.9 Å². The molecule has 2 fully saturated rings. The molecule has 2 saturated heterocycles. The molecule has 0 atom stereocenters. The van der Waals surface area contributed by atoms with E-state index in [0.29, 0.717) is 45.2 Å². The van der Waals surface area contributed by atoms with E-state index in [1.807, 2.05) is 0 Å². The van der Waals surface area contributed by atoms with Crippen LogP contribution in [-0.4, -0.2) is 44.3 Å². The SMILES string of the molecule is O=C1CCCC2(CCN(c3cc(-n4cccn4)nc(C(F)(F)F)n3)CC2)N1c1ccc(F)c(F)c1. The van der Waals surface area contributed by atoms with Gasteiger partial charge in [-0.1, -0.05) is 0 Å². The van der Waals surface area contributed by atoms with E-state index >= 15 is 0 Å². The third-order valence-corrected chi connectivity index (χ3v) is 6.63. The first-order valence-corrected chi connectivity index (χ1v) is 11.2. The van der Waals surface area contributed by atoms with E-state index in [9.17, 15) is 26.7 Å². The quantitative estimate of drug-likeness (QED) is 0.504. The maximum atomic E-state index is 14.0. The number of anilines is 2. The number of hydrogen-bond acceptors (Lipinski definition) is 5. The number of alkyl halides is 3. The summed E-state index contributed by atoms with van der Waals surface area (Å²) in [5.41, 5.74) is -0.356. The second kappa shape index (κ2) is 8.58. The highest BCUT2D eigenvalue weighted by Gasteiger charge is 2.46. The van der Waals surface area contributed by atoms with E-state index in [4.69, 9.17) is 0 Å². The van der Waals surface area contributed by atoms with E-state index in [2.05, 4.69) is 15.1 Å². The third-order valence-electron chi connectivity index (χ3n) is 6.63. The maximum absolute atomic E-state index is 14.0. The minimum atomic E-state index is -4.74. The van der Waals surface area contributed by atoms with Crippen molar-refractivity contribution in [2.45, 2.75) is 43.8 Å². The Morgan fingerprint density at radius 1 is 0.943 bits per heavy atom. The number of aromatic nitrogens is 4. The standard InChI is InChI=1S/C23H21F5N6O/c24-16-5-4-15(13-17(16)25)34-20(35)3-1-6-22(34)7-11-32(12-8-22)18-14-19(33-10-2-9-29-33)31-21(30-18)23(26,27)28/h2,4-5,9-10,13-14H,1,3,6-8,11-12H2. The van der Waals surface area contributed by atoms with Crippen LogP contribution in [0, 0.1) is 11.6 Å². The molecule has 0 radical (unpaired) electrons. The van der Waals surface area contributed by atoms with Gasteiger partial charge in [0.1, 0.15) is 5.82 Å². The Morgan fingerprint density at radius 2 is 1.69 bits per heavy atom. The molecule has 1 aromatic carbocycles. The lowest BCUT2D eigenvalue weighted by Crippen LogP contribution is -2.60. The summed E-state index contributed by atoms with van der Waals surface area (Å²) in [4.78, 5) is 23.5. The number of rotatable bonds is 3. The van der Waals surface area contributed by atoms with Gasteiger partial charge in [-0.05, 0) is 43.9 Å². The van der Waals surface area contributed by atoms with Gasteiger partial charge in [0.2, 0.25) is 11.7 Å². The number of benzene rings is 1. The van der Waals surface area contributed by atoms with E-state index in [-0.39, 0.29) is 23.2 Å². The number of amides is 1. The Bertz CT molecular complexity index is 1240. The van der Waals surface area contributed by atoms with Gasteiger partial charge in [0, 0.05) is 49.7 Å². The molecule has 7 nitrogen and oxygen atoms in total. The van der Waals surface area contributed by atoms with Gasteiger partial charge in [-0.3, -0.25) is 4.79 Å². The van der Waals surface area contributed by atoms with Crippen LogP contribution < -0.4 is 9.80 Å². The van der Waals surface area contributed by atoms with E-state index in [0.717, 1.165) is 12.1 Å². The molecule has 0 aliphatic carbocycles. The van der Waals surface area contributed by atoms with Gasteiger partial charge in [-0.2, -0.15) is 18.3 Å². The molecule has 0 unspecified atom stereocenters. The highest BCUT2D eigenvalue weighted by molar-refractivity contribution is 5.95. The molecular weight excluding hydrogens is 471 g/mol. The number of carbonyl (C=O) groups excluding carboxylic acids is 1. The molecule has 0 saturated carbocycles. The minimum absolute atomic E-state index is 0.0103. The van der Waals surface area contributed by atoms with Crippen molar-refractivity contribution in [1.29, 1.82) is 0 Å². The second-order valence-electron chi connectivity index (χ2n) is 8.75. The van der Waals surface area contributed by atoms with Crippen molar-refractivity contribution < 1.29 is 26.7 Å². The monoisotopic (exact) mass is 492 g/mol. The summed E-state index contributed by atoms with van der Waals surface area (Å²) >= 11 is 0. The van der Waals surface area contributed by atoms with Gasteiger partial charge >= 0.3 is 6.18 Å². The van der Waals surface area contributed by atoms with Gasteiger partial charge in [0.05, 0.1) is 5.54 Å². The molecule has 2 aliphatic rings. The Labute approximate surface area is 197 Å². The molecule has 1 spiro atoms. The molecule has 1 amide bonds. The fourth-order valence-electron chi connectivity index (χ4n) is 4.96. The molecule has 3 aromatic rings. The van der Waals surface area contributed by atoms with Crippen LogP contribution in [0.3, 0.4) is 0 Å². The number of piperidine rings is 2. The summed E-state index contributed by atoms with van der Waals surface area (Å²) < 4.78 is 69.2. The van der Waals surface area contributed by atoms with Crippen molar-refractivity contribution in [2.24, 2.45) is 0 Å². The lowest BCUT2D eigenvalue weighted by molar-refractivity contribution is -0.144. The average Bonchev–Trinajstić information content (AvgIpc) is 3.36. The molecule has 0 bridgehead atoms. The van der Waals surface area contributed by atoms with Gasteiger partial charge < -0.3 is 9.80 Å². The zero-order valence-corrected chi connectivity index (χ0v) is 18.5. The minimum Gasteiger partial charge on any atom is -0.356 e. The predicted octanol–water partition coefficient (Wildman–Crippen LogP) is 4.52. The predicted molar refractivity (Wildman–Crippen MR) is 116 cm³/mol. The lowest BCUT2D eigenvalue weighted by atomic mass is 9.78. The van der Waals surface area contributed by atoms with Crippen LogP contribution in [0.15, 0.2) is 42.7 Å². The second-order valence-corrected chi connectivity index (χ2v) is 8.75. The van der Waals surface area contributed by atoms with Crippen LogP contribution in [0.2, 0.25) is 0 Å². The Balaban J connectivity index is 1.44. The zero-order chi connectivity index (χ0) is 24.8. The fraction of sp³-hybridized carbons (Fsp3) is 0.391. The molecule has 4 heterocycles.